The Hall–Kier alpha value is -0.500. The zero-order valence-electron chi connectivity index (χ0n) is 9.87. The smallest absolute Gasteiger partial charge is 0.241 e. The van der Waals surface area contributed by atoms with Crippen LogP contribution in [0.1, 0.15) is 41.0 Å². The van der Waals surface area contributed by atoms with Gasteiger partial charge in [-0.05, 0) is 24.8 Å². The Morgan fingerprint density at radius 2 is 2.12 bits per heavy atom. The van der Waals surface area contributed by atoms with E-state index in [0.29, 0.717) is 5.41 Å². The highest BCUT2D eigenvalue weighted by molar-refractivity contribution is 7.74. The van der Waals surface area contributed by atoms with E-state index in [1.54, 1.807) is 5.48 Å². The first kappa shape index (κ1) is 18.9. The standard InChI is InChI=1S/C7H15N.C2H5NO4S.CH4/c1-7(2)4-3-5-8-6-7;1-2(4)3-7-8(5)6;/h8H,3-6H2,1-2H3;1H3,(H,3,4)(H,5,6);1H4/p-1. The van der Waals surface area contributed by atoms with Gasteiger partial charge in [0.05, 0.1) is 0 Å². The van der Waals surface area contributed by atoms with Crippen LogP contribution < -0.4 is 10.8 Å². The number of rotatable bonds is 2. The molecule has 1 fully saturated rings. The monoisotopic (exact) mass is 267 g/mol. The first-order valence-electron chi connectivity index (χ1n) is 5.07. The summed E-state index contributed by atoms with van der Waals surface area (Å²) in [5, 5.41) is 3.38. The molecule has 0 saturated carbocycles. The Labute approximate surface area is 106 Å². The molecule has 6 nitrogen and oxygen atoms in total. The third-order valence-electron chi connectivity index (χ3n) is 2.06. The van der Waals surface area contributed by atoms with Gasteiger partial charge in [-0.2, -0.15) is 4.28 Å². The zero-order chi connectivity index (χ0) is 12.6. The topological polar surface area (TPSA) is 90.5 Å². The van der Waals surface area contributed by atoms with Crippen molar-refractivity contribution in [1.82, 2.24) is 10.8 Å². The van der Waals surface area contributed by atoms with Crippen LogP contribution in [0.15, 0.2) is 0 Å². The second-order valence-corrected chi connectivity index (χ2v) is 4.97. The lowest BCUT2D eigenvalue weighted by molar-refractivity contribution is -0.125. The van der Waals surface area contributed by atoms with Crippen LogP contribution in [0.3, 0.4) is 0 Å². The largest absolute Gasteiger partial charge is 0.748 e. The van der Waals surface area contributed by atoms with Crippen molar-refractivity contribution in [2.75, 3.05) is 13.1 Å². The van der Waals surface area contributed by atoms with E-state index in [4.69, 9.17) is 0 Å². The van der Waals surface area contributed by atoms with Crippen LogP contribution in [0.4, 0.5) is 0 Å². The summed E-state index contributed by atoms with van der Waals surface area (Å²) in [5.41, 5.74) is 2.16. The second-order valence-electron chi connectivity index (χ2n) is 4.39. The van der Waals surface area contributed by atoms with Gasteiger partial charge in [-0.25, -0.2) is 9.69 Å². The SMILES string of the molecule is C.CC(=O)NOS(=O)[O-].CC1(C)CCCNC1. The van der Waals surface area contributed by atoms with Gasteiger partial charge in [0.2, 0.25) is 5.91 Å². The van der Waals surface area contributed by atoms with E-state index in [9.17, 15) is 13.6 Å². The summed E-state index contributed by atoms with van der Waals surface area (Å²) in [5.74, 6) is -0.561. The fraction of sp³-hybridized carbons (Fsp3) is 0.900. The lowest BCUT2D eigenvalue weighted by Crippen LogP contribution is -2.35. The molecule has 0 bridgehead atoms. The minimum absolute atomic E-state index is 0. The maximum Gasteiger partial charge on any atom is 0.241 e. The van der Waals surface area contributed by atoms with Gasteiger partial charge in [-0.15, -0.1) is 0 Å². The molecule has 2 N–H and O–H groups in total. The summed E-state index contributed by atoms with van der Waals surface area (Å²) < 4.78 is 22.6. The molecule has 1 saturated heterocycles. The molecule has 104 valence electrons. The minimum Gasteiger partial charge on any atom is -0.748 e. The third-order valence-corrected chi connectivity index (χ3v) is 2.28. The average Bonchev–Trinajstić information content (AvgIpc) is 2.15. The summed E-state index contributed by atoms with van der Waals surface area (Å²) in [6.07, 6.45) is 2.74. The van der Waals surface area contributed by atoms with Crippen LogP contribution in [0.2, 0.25) is 0 Å². The van der Waals surface area contributed by atoms with E-state index in [2.05, 4.69) is 23.4 Å². The number of nitrogens with one attached hydrogen (secondary N) is 2. The molecule has 1 amide bonds. The summed E-state index contributed by atoms with van der Waals surface area (Å²) in [7, 11) is 0. The number of carbonyl (C=O) groups excluding carboxylic acids is 1. The van der Waals surface area contributed by atoms with E-state index >= 15 is 0 Å². The van der Waals surface area contributed by atoms with Crippen molar-refractivity contribution < 1.29 is 17.8 Å². The van der Waals surface area contributed by atoms with Gasteiger partial charge in [-0.3, -0.25) is 4.79 Å². The fourth-order valence-corrected chi connectivity index (χ4v) is 1.49. The van der Waals surface area contributed by atoms with Crippen LogP contribution in [-0.4, -0.2) is 27.8 Å². The number of piperidine rings is 1. The predicted octanol–water partition coefficient (Wildman–Crippen LogP) is 0.880. The van der Waals surface area contributed by atoms with Gasteiger partial charge >= 0.3 is 0 Å². The Morgan fingerprint density at radius 3 is 2.29 bits per heavy atom. The molecule has 1 rings (SSSR count). The van der Waals surface area contributed by atoms with E-state index < -0.39 is 17.3 Å². The number of hydroxylamine groups is 1. The molecule has 0 radical (unpaired) electrons. The minimum atomic E-state index is -2.67. The molecule has 0 aliphatic carbocycles. The van der Waals surface area contributed by atoms with Gasteiger partial charge in [0.15, 0.2) is 0 Å². The maximum absolute atomic E-state index is 9.84. The van der Waals surface area contributed by atoms with Crippen molar-refractivity contribution in [2.45, 2.75) is 41.0 Å². The molecular formula is C10H23N2O4S-. The van der Waals surface area contributed by atoms with Gasteiger partial charge < -0.3 is 9.87 Å². The van der Waals surface area contributed by atoms with E-state index in [1.165, 1.54) is 25.9 Å². The highest BCUT2D eigenvalue weighted by atomic mass is 32.2. The highest BCUT2D eigenvalue weighted by Gasteiger charge is 2.19. The molecule has 0 aromatic carbocycles. The highest BCUT2D eigenvalue weighted by Crippen LogP contribution is 2.23. The van der Waals surface area contributed by atoms with E-state index in [0.717, 1.165) is 6.92 Å². The maximum atomic E-state index is 9.84. The normalized spacial score (nSPS) is 19.1. The molecule has 0 aromatic rings. The lowest BCUT2D eigenvalue weighted by Gasteiger charge is -2.29. The van der Waals surface area contributed by atoms with Gasteiger partial charge in [0.1, 0.15) is 11.4 Å². The quantitative estimate of drug-likeness (QED) is 0.572. The molecule has 0 aromatic heterocycles. The van der Waals surface area contributed by atoms with Crippen molar-refractivity contribution in [2.24, 2.45) is 5.41 Å². The van der Waals surface area contributed by atoms with Crippen molar-refractivity contribution >= 4 is 17.3 Å². The molecule has 7 heteroatoms. The van der Waals surface area contributed by atoms with Gasteiger partial charge in [0, 0.05) is 13.5 Å². The molecule has 0 spiro atoms. The number of hydrogen-bond donors (Lipinski definition) is 2. The predicted molar refractivity (Wildman–Crippen MR) is 66.4 cm³/mol. The van der Waals surface area contributed by atoms with Crippen LogP contribution in [0.25, 0.3) is 0 Å². The number of carbonyl (C=O) groups is 1. The van der Waals surface area contributed by atoms with Crippen molar-refractivity contribution in [3.63, 3.8) is 0 Å². The first-order chi connectivity index (χ1) is 7.33. The van der Waals surface area contributed by atoms with Crippen LogP contribution in [0.5, 0.6) is 0 Å². The Morgan fingerprint density at radius 1 is 1.53 bits per heavy atom. The van der Waals surface area contributed by atoms with Crippen molar-refractivity contribution in [1.29, 1.82) is 0 Å². The summed E-state index contributed by atoms with van der Waals surface area (Å²) in [4.78, 5) is 9.84. The molecule has 1 atom stereocenters. The first-order valence-corrected chi connectivity index (χ1v) is 6.07. The zero-order valence-corrected chi connectivity index (χ0v) is 10.7. The number of hydrogen-bond acceptors (Lipinski definition) is 5. The van der Waals surface area contributed by atoms with Gasteiger partial charge in [0.25, 0.3) is 0 Å². The molecule has 17 heavy (non-hydrogen) atoms. The third kappa shape index (κ3) is 13.4. The number of amides is 1. The van der Waals surface area contributed by atoms with Gasteiger partial charge in [-0.1, -0.05) is 21.3 Å². The molecule has 1 aliphatic rings. The van der Waals surface area contributed by atoms with E-state index in [-0.39, 0.29) is 7.43 Å². The summed E-state index contributed by atoms with van der Waals surface area (Å²) >= 11 is -2.67. The second kappa shape index (κ2) is 9.52. The Balaban J connectivity index is 0. The average molecular weight is 267 g/mol. The van der Waals surface area contributed by atoms with Crippen molar-refractivity contribution in [3.8, 4) is 0 Å². The van der Waals surface area contributed by atoms with E-state index in [1.807, 2.05) is 0 Å². The van der Waals surface area contributed by atoms with Crippen LogP contribution >= 0.6 is 0 Å². The molecule has 1 heterocycles. The molecule has 1 unspecified atom stereocenters. The van der Waals surface area contributed by atoms with Crippen molar-refractivity contribution in [3.05, 3.63) is 0 Å². The summed E-state index contributed by atoms with van der Waals surface area (Å²) in [6.45, 7) is 8.20. The Kier molecular flexibility index (Phi) is 10.6. The fourth-order valence-electron chi connectivity index (χ4n) is 1.30. The summed E-state index contributed by atoms with van der Waals surface area (Å²) in [6, 6.07) is 0. The molecular weight excluding hydrogens is 244 g/mol. The van der Waals surface area contributed by atoms with Crippen LogP contribution in [-0.2, 0) is 20.4 Å². The van der Waals surface area contributed by atoms with Crippen LogP contribution in [0, 0.1) is 5.41 Å². The Bertz CT molecular complexity index is 224. The molecule has 1 aliphatic heterocycles. The lowest BCUT2D eigenvalue weighted by atomic mass is 9.85.